The van der Waals surface area contributed by atoms with E-state index in [-0.39, 0.29) is 5.75 Å². The van der Waals surface area contributed by atoms with Crippen LogP contribution in [0.3, 0.4) is 0 Å². The number of ether oxygens (including phenoxy) is 1. The molecule has 0 fully saturated rings. The maximum absolute atomic E-state index is 11.9. The van der Waals surface area contributed by atoms with Gasteiger partial charge in [-0.2, -0.15) is 0 Å². The first-order valence-electron chi connectivity index (χ1n) is 3.56. The molecule has 6 heteroatoms. The zero-order valence-electron chi connectivity index (χ0n) is 6.74. The lowest BCUT2D eigenvalue weighted by Gasteiger charge is -2.08. The Bertz CT molecular complexity index is 335. The molecule has 0 radical (unpaired) electrons. The van der Waals surface area contributed by atoms with Crippen molar-refractivity contribution in [2.24, 2.45) is 0 Å². The molecule has 1 nitrogen and oxygen atoms in total. The minimum absolute atomic E-state index is 0.277. The highest BCUT2D eigenvalue weighted by molar-refractivity contribution is 14.1. The van der Waals surface area contributed by atoms with Gasteiger partial charge < -0.3 is 4.74 Å². The van der Waals surface area contributed by atoms with Crippen molar-refractivity contribution in [2.45, 2.75) is 6.43 Å². The van der Waals surface area contributed by atoms with Crippen molar-refractivity contribution in [2.75, 3.05) is 6.61 Å². The Morgan fingerprint density at radius 3 is 2.71 bits per heavy atom. The van der Waals surface area contributed by atoms with Crippen LogP contribution in [0.2, 0.25) is 5.02 Å². The lowest BCUT2D eigenvalue weighted by Crippen LogP contribution is -2.07. The quantitative estimate of drug-likeness (QED) is 0.544. The average molecular weight is 397 g/mol. The molecule has 78 valence electrons. The fourth-order valence-corrected chi connectivity index (χ4v) is 1.90. The van der Waals surface area contributed by atoms with Gasteiger partial charge in [-0.15, -0.1) is 0 Å². The molecule has 0 heterocycles. The molecular formula is C8H5BrClF2IO. The number of alkyl halides is 2. The molecule has 0 aliphatic rings. The third kappa shape index (κ3) is 3.51. The zero-order valence-corrected chi connectivity index (χ0v) is 11.2. The number of benzene rings is 1. The molecule has 0 aromatic heterocycles. The van der Waals surface area contributed by atoms with Gasteiger partial charge in [-0.25, -0.2) is 8.78 Å². The van der Waals surface area contributed by atoms with Gasteiger partial charge >= 0.3 is 0 Å². The third-order valence-corrected chi connectivity index (χ3v) is 3.92. The Balaban J connectivity index is 2.82. The first-order valence-corrected chi connectivity index (χ1v) is 5.81. The van der Waals surface area contributed by atoms with E-state index in [1.807, 2.05) is 0 Å². The first-order chi connectivity index (χ1) is 6.50. The zero-order chi connectivity index (χ0) is 10.7. The van der Waals surface area contributed by atoms with Gasteiger partial charge in [0.2, 0.25) is 0 Å². The van der Waals surface area contributed by atoms with Crippen molar-refractivity contribution in [1.82, 2.24) is 0 Å². The van der Waals surface area contributed by atoms with E-state index >= 15 is 0 Å². The van der Waals surface area contributed by atoms with Gasteiger partial charge in [-0.3, -0.25) is 0 Å². The molecule has 0 saturated heterocycles. The summed E-state index contributed by atoms with van der Waals surface area (Å²) in [5, 5.41) is 0.318. The van der Waals surface area contributed by atoms with E-state index < -0.39 is 13.0 Å². The van der Waals surface area contributed by atoms with Crippen LogP contribution in [-0.4, -0.2) is 13.0 Å². The van der Waals surface area contributed by atoms with Crippen molar-refractivity contribution in [3.05, 3.63) is 25.2 Å². The molecule has 0 unspecified atom stereocenters. The number of halogens is 5. The van der Waals surface area contributed by atoms with Gasteiger partial charge in [0, 0.05) is 8.04 Å². The van der Waals surface area contributed by atoms with Gasteiger partial charge in [0.15, 0.2) is 0 Å². The second-order valence-corrected chi connectivity index (χ2v) is 4.82. The molecule has 0 aliphatic carbocycles. The SMILES string of the molecule is FC(F)COc1cc(I)c(Br)cc1Cl. The van der Waals surface area contributed by atoms with Gasteiger partial charge in [-0.05, 0) is 50.7 Å². The summed E-state index contributed by atoms with van der Waals surface area (Å²) in [5.74, 6) is 0.277. The van der Waals surface area contributed by atoms with E-state index in [4.69, 9.17) is 16.3 Å². The minimum atomic E-state index is -2.49. The van der Waals surface area contributed by atoms with E-state index in [0.717, 1.165) is 8.04 Å². The van der Waals surface area contributed by atoms with Crippen LogP contribution in [0.5, 0.6) is 5.75 Å². The maximum Gasteiger partial charge on any atom is 0.272 e. The smallest absolute Gasteiger partial charge is 0.272 e. The number of rotatable bonds is 3. The molecule has 0 saturated carbocycles. The van der Waals surface area contributed by atoms with E-state index in [0.29, 0.717) is 5.02 Å². The van der Waals surface area contributed by atoms with Crippen LogP contribution >= 0.6 is 50.1 Å². The second-order valence-electron chi connectivity index (χ2n) is 2.40. The Kier molecular flexibility index (Phi) is 4.86. The molecule has 0 bridgehead atoms. The second kappa shape index (κ2) is 5.46. The van der Waals surface area contributed by atoms with E-state index in [1.165, 1.54) is 0 Å². The van der Waals surface area contributed by atoms with Gasteiger partial charge in [0.1, 0.15) is 12.4 Å². The molecule has 0 amide bonds. The lowest BCUT2D eigenvalue weighted by atomic mass is 10.3. The number of hydrogen-bond acceptors (Lipinski definition) is 1. The molecule has 14 heavy (non-hydrogen) atoms. The summed E-state index contributed by atoms with van der Waals surface area (Å²) < 4.78 is 30.2. The van der Waals surface area contributed by atoms with Crippen LogP contribution in [0.25, 0.3) is 0 Å². The highest BCUT2D eigenvalue weighted by Gasteiger charge is 2.09. The van der Waals surface area contributed by atoms with Crippen molar-refractivity contribution in [3.8, 4) is 5.75 Å². The summed E-state index contributed by atoms with van der Waals surface area (Å²) in [7, 11) is 0. The molecule has 0 N–H and O–H groups in total. The predicted octanol–water partition coefficient (Wildman–Crippen LogP) is 4.35. The fraction of sp³-hybridized carbons (Fsp3) is 0.250. The summed E-state index contributed by atoms with van der Waals surface area (Å²) in [6.45, 7) is -0.641. The molecule has 1 rings (SSSR count). The van der Waals surface area contributed by atoms with Crippen LogP contribution in [0, 0.1) is 3.57 Å². The molecule has 0 atom stereocenters. The van der Waals surface area contributed by atoms with Crippen molar-refractivity contribution in [1.29, 1.82) is 0 Å². The van der Waals surface area contributed by atoms with Crippen LogP contribution in [0.15, 0.2) is 16.6 Å². The predicted molar refractivity (Wildman–Crippen MR) is 63.4 cm³/mol. The minimum Gasteiger partial charge on any atom is -0.486 e. The summed E-state index contributed by atoms with van der Waals surface area (Å²) in [6, 6.07) is 3.22. The maximum atomic E-state index is 11.9. The van der Waals surface area contributed by atoms with Crippen LogP contribution in [0.1, 0.15) is 0 Å². The third-order valence-electron chi connectivity index (χ3n) is 1.34. The molecular weight excluding hydrogens is 392 g/mol. The summed E-state index contributed by atoms with van der Waals surface area (Å²) in [4.78, 5) is 0. The van der Waals surface area contributed by atoms with Gasteiger partial charge in [0.05, 0.1) is 5.02 Å². The Hall–Kier alpha value is 0.380. The molecule has 0 spiro atoms. The topological polar surface area (TPSA) is 9.23 Å². The highest BCUT2D eigenvalue weighted by atomic mass is 127. The normalized spacial score (nSPS) is 10.7. The Labute approximate surface area is 107 Å². The van der Waals surface area contributed by atoms with Crippen LogP contribution in [0.4, 0.5) is 8.78 Å². The fourth-order valence-electron chi connectivity index (χ4n) is 0.768. The molecule has 1 aromatic rings. The van der Waals surface area contributed by atoms with Crippen molar-refractivity contribution >= 4 is 50.1 Å². The van der Waals surface area contributed by atoms with Crippen molar-refractivity contribution in [3.63, 3.8) is 0 Å². The van der Waals surface area contributed by atoms with Crippen molar-refractivity contribution < 1.29 is 13.5 Å². The van der Waals surface area contributed by atoms with Crippen LogP contribution in [-0.2, 0) is 0 Å². The summed E-state index contributed by atoms with van der Waals surface area (Å²) in [5.41, 5.74) is 0. The van der Waals surface area contributed by atoms with E-state index in [9.17, 15) is 8.78 Å². The highest BCUT2D eigenvalue weighted by Crippen LogP contribution is 2.32. The van der Waals surface area contributed by atoms with E-state index in [2.05, 4.69) is 38.5 Å². The average Bonchev–Trinajstić information content (AvgIpc) is 2.09. The van der Waals surface area contributed by atoms with Crippen LogP contribution < -0.4 is 4.74 Å². The van der Waals surface area contributed by atoms with E-state index in [1.54, 1.807) is 12.1 Å². The lowest BCUT2D eigenvalue weighted by molar-refractivity contribution is 0.0819. The standard InChI is InChI=1S/C8H5BrClF2IO/c9-4-1-5(10)7(2-6(4)13)14-3-8(11)12/h1-2,8H,3H2. The Morgan fingerprint density at radius 2 is 2.14 bits per heavy atom. The summed E-state index contributed by atoms with van der Waals surface area (Å²) >= 11 is 11.1. The van der Waals surface area contributed by atoms with Gasteiger partial charge in [-0.1, -0.05) is 11.6 Å². The first kappa shape index (κ1) is 12.4. The largest absolute Gasteiger partial charge is 0.486 e. The van der Waals surface area contributed by atoms with Gasteiger partial charge in [0.25, 0.3) is 6.43 Å². The molecule has 1 aromatic carbocycles. The monoisotopic (exact) mass is 396 g/mol. The molecule has 0 aliphatic heterocycles. The summed E-state index contributed by atoms with van der Waals surface area (Å²) in [6.07, 6.45) is -2.49. The Morgan fingerprint density at radius 1 is 1.50 bits per heavy atom. The number of hydrogen-bond donors (Lipinski definition) is 0.